The fraction of sp³-hybridized carbons (Fsp3) is 0.333. The van der Waals surface area contributed by atoms with Gasteiger partial charge in [0.1, 0.15) is 0 Å². The first-order valence-corrected chi connectivity index (χ1v) is 2.77. The molecule has 5 nitrogen and oxygen atoms in total. The van der Waals surface area contributed by atoms with Gasteiger partial charge in [-0.2, -0.15) is 0 Å². The van der Waals surface area contributed by atoms with E-state index in [4.69, 9.17) is 10.2 Å². The molecule has 0 bridgehead atoms. The van der Waals surface area contributed by atoms with E-state index < -0.39 is 18.0 Å². The van der Waals surface area contributed by atoms with Crippen LogP contribution in [0.25, 0.3) is 0 Å². The molecule has 2 N–H and O–H groups in total. The van der Waals surface area contributed by atoms with Gasteiger partial charge in [-0.1, -0.05) is 6.58 Å². The van der Waals surface area contributed by atoms with Gasteiger partial charge in [-0.15, -0.1) is 0 Å². The standard InChI is InChI=1S/C3H4O3.C3H4O2/c4-3(5)2-1-6-2;1-2-3(4)5/h2H,1H2,(H,4,5);2H,1H2,(H,4,5). The number of epoxide rings is 1. The number of carbonyl (C=O) groups is 2. The second-order valence-corrected chi connectivity index (χ2v) is 1.70. The van der Waals surface area contributed by atoms with Crippen molar-refractivity contribution in [3.8, 4) is 0 Å². The Morgan fingerprint density at radius 2 is 1.91 bits per heavy atom. The van der Waals surface area contributed by atoms with Crippen LogP contribution in [0.2, 0.25) is 0 Å². The number of hydrogen-bond acceptors (Lipinski definition) is 3. The molecule has 1 aliphatic heterocycles. The quantitative estimate of drug-likeness (QED) is 0.428. The summed E-state index contributed by atoms with van der Waals surface area (Å²) in [6.45, 7) is 3.36. The van der Waals surface area contributed by atoms with Gasteiger partial charge in [0.05, 0.1) is 6.61 Å². The Labute approximate surface area is 62.9 Å². The molecule has 1 heterocycles. The summed E-state index contributed by atoms with van der Waals surface area (Å²) in [7, 11) is 0. The molecule has 0 amide bonds. The summed E-state index contributed by atoms with van der Waals surface area (Å²) >= 11 is 0. The van der Waals surface area contributed by atoms with E-state index >= 15 is 0 Å². The molecule has 0 radical (unpaired) electrons. The van der Waals surface area contributed by atoms with Gasteiger partial charge in [0.15, 0.2) is 6.10 Å². The molecule has 0 saturated carbocycles. The van der Waals surface area contributed by atoms with Crippen LogP contribution in [0.3, 0.4) is 0 Å². The molecule has 11 heavy (non-hydrogen) atoms. The number of hydrogen-bond donors (Lipinski definition) is 2. The highest BCUT2D eigenvalue weighted by Gasteiger charge is 2.30. The lowest BCUT2D eigenvalue weighted by Crippen LogP contribution is -2.02. The van der Waals surface area contributed by atoms with Gasteiger partial charge >= 0.3 is 11.9 Å². The largest absolute Gasteiger partial charge is 0.479 e. The number of rotatable bonds is 2. The molecule has 1 aliphatic rings. The second kappa shape index (κ2) is 4.45. The fourth-order valence-corrected chi connectivity index (χ4v) is 0.191. The van der Waals surface area contributed by atoms with Crippen LogP contribution < -0.4 is 0 Å². The van der Waals surface area contributed by atoms with Crippen molar-refractivity contribution in [2.75, 3.05) is 6.61 Å². The summed E-state index contributed by atoms with van der Waals surface area (Å²) in [5, 5.41) is 15.5. The molecule has 1 fully saturated rings. The van der Waals surface area contributed by atoms with Crippen molar-refractivity contribution >= 4 is 11.9 Å². The van der Waals surface area contributed by atoms with Crippen molar-refractivity contribution in [3.05, 3.63) is 12.7 Å². The zero-order chi connectivity index (χ0) is 8.85. The van der Waals surface area contributed by atoms with Gasteiger partial charge < -0.3 is 14.9 Å². The molecule has 1 rings (SSSR count). The van der Waals surface area contributed by atoms with Crippen LogP contribution in [0.5, 0.6) is 0 Å². The topological polar surface area (TPSA) is 87.1 Å². The second-order valence-electron chi connectivity index (χ2n) is 1.70. The maximum absolute atomic E-state index is 9.64. The lowest BCUT2D eigenvalue weighted by Gasteiger charge is -1.72. The first-order chi connectivity index (χ1) is 5.07. The van der Waals surface area contributed by atoms with Crippen molar-refractivity contribution in [2.45, 2.75) is 6.10 Å². The fourth-order valence-electron chi connectivity index (χ4n) is 0.191. The first-order valence-electron chi connectivity index (χ1n) is 2.77. The third kappa shape index (κ3) is 6.53. The molecule has 1 atom stereocenters. The van der Waals surface area contributed by atoms with Gasteiger partial charge in [-0.05, 0) is 0 Å². The van der Waals surface area contributed by atoms with Crippen LogP contribution in [0.1, 0.15) is 0 Å². The van der Waals surface area contributed by atoms with Crippen molar-refractivity contribution < 1.29 is 24.5 Å². The Morgan fingerprint density at radius 1 is 1.55 bits per heavy atom. The van der Waals surface area contributed by atoms with E-state index in [2.05, 4.69) is 11.3 Å². The molecule has 62 valence electrons. The van der Waals surface area contributed by atoms with Crippen molar-refractivity contribution in [1.82, 2.24) is 0 Å². The lowest BCUT2D eigenvalue weighted by molar-refractivity contribution is -0.138. The van der Waals surface area contributed by atoms with Crippen LogP contribution in [0.15, 0.2) is 12.7 Å². The minimum absolute atomic E-state index is 0.398. The van der Waals surface area contributed by atoms with E-state index in [1.807, 2.05) is 0 Å². The highest BCUT2D eigenvalue weighted by molar-refractivity contribution is 5.78. The summed E-state index contributed by atoms with van der Waals surface area (Å²) < 4.78 is 4.37. The van der Waals surface area contributed by atoms with Gasteiger partial charge in [-0.3, -0.25) is 0 Å². The average Bonchev–Trinajstić information content (AvgIpc) is 2.69. The van der Waals surface area contributed by atoms with Crippen LogP contribution in [-0.4, -0.2) is 34.9 Å². The number of carboxylic acid groups (broad SMARTS) is 2. The van der Waals surface area contributed by atoms with E-state index in [0.717, 1.165) is 6.08 Å². The summed E-state index contributed by atoms with van der Waals surface area (Å²) in [5.74, 6) is -1.83. The van der Waals surface area contributed by atoms with E-state index in [9.17, 15) is 9.59 Å². The Hall–Kier alpha value is -1.36. The minimum Gasteiger partial charge on any atom is -0.479 e. The molecule has 0 aromatic rings. The predicted octanol–water partition coefficient (Wildman–Crippen LogP) is -0.273. The number of aliphatic carboxylic acids is 2. The van der Waals surface area contributed by atoms with Crippen molar-refractivity contribution in [3.63, 3.8) is 0 Å². The maximum Gasteiger partial charge on any atom is 0.335 e. The van der Waals surface area contributed by atoms with Gasteiger partial charge in [-0.25, -0.2) is 9.59 Å². The summed E-state index contributed by atoms with van der Waals surface area (Å²) in [6, 6.07) is 0. The molecule has 5 heteroatoms. The zero-order valence-electron chi connectivity index (χ0n) is 5.69. The first kappa shape index (κ1) is 9.64. The van der Waals surface area contributed by atoms with Crippen molar-refractivity contribution in [2.24, 2.45) is 0 Å². The van der Waals surface area contributed by atoms with E-state index in [-0.39, 0.29) is 0 Å². The Kier molecular flexibility index (Phi) is 3.90. The molecule has 1 saturated heterocycles. The third-order valence-electron chi connectivity index (χ3n) is 0.783. The summed E-state index contributed by atoms with van der Waals surface area (Å²) in [4.78, 5) is 18.9. The predicted molar refractivity (Wildman–Crippen MR) is 35.2 cm³/mol. The van der Waals surface area contributed by atoms with Crippen LogP contribution in [0.4, 0.5) is 0 Å². The minimum atomic E-state index is -0.981. The SMILES string of the molecule is C=CC(=O)O.O=C(O)C1CO1. The van der Waals surface area contributed by atoms with Crippen LogP contribution >= 0.6 is 0 Å². The van der Waals surface area contributed by atoms with Gasteiger partial charge in [0.25, 0.3) is 0 Å². The highest BCUT2D eigenvalue weighted by atomic mass is 16.6. The maximum atomic E-state index is 9.64. The van der Waals surface area contributed by atoms with Gasteiger partial charge in [0, 0.05) is 6.08 Å². The number of carboxylic acids is 2. The monoisotopic (exact) mass is 160 g/mol. The molecule has 0 aromatic heterocycles. The third-order valence-corrected chi connectivity index (χ3v) is 0.783. The average molecular weight is 160 g/mol. The van der Waals surface area contributed by atoms with E-state index in [1.165, 1.54) is 0 Å². The smallest absolute Gasteiger partial charge is 0.335 e. The van der Waals surface area contributed by atoms with Gasteiger partial charge in [0.2, 0.25) is 0 Å². The molecule has 0 aromatic carbocycles. The Balaban J connectivity index is 0.000000187. The lowest BCUT2D eigenvalue weighted by atomic mass is 10.5. The highest BCUT2D eigenvalue weighted by Crippen LogP contribution is 2.06. The van der Waals surface area contributed by atoms with Crippen molar-refractivity contribution in [1.29, 1.82) is 0 Å². The van der Waals surface area contributed by atoms with E-state index in [1.54, 1.807) is 0 Å². The van der Waals surface area contributed by atoms with E-state index in [0.29, 0.717) is 6.61 Å². The number of ether oxygens (including phenoxy) is 1. The zero-order valence-corrected chi connectivity index (χ0v) is 5.69. The summed E-state index contributed by atoms with van der Waals surface area (Å²) in [5.41, 5.74) is 0. The van der Waals surface area contributed by atoms with Crippen LogP contribution in [0, 0.1) is 0 Å². The molecule has 1 unspecified atom stereocenters. The Bertz CT molecular complexity index is 170. The molecule has 0 aliphatic carbocycles. The normalized spacial score (nSPS) is 19.1. The van der Waals surface area contributed by atoms with Crippen LogP contribution in [-0.2, 0) is 14.3 Å². The Morgan fingerprint density at radius 3 is 1.91 bits per heavy atom. The molecular formula is C6H8O5. The summed E-state index contributed by atoms with van der Waals surface area (Å²) in [6.07, 6.45) is 0.352. The molecule has 0 spiro atoms. The molecular weight excluding hydrogens is 152 g/mol.